The summed E-state index contributed by atoms with van der Waals surface area (Å²) in [6.45, 7) is 7.19. The Morgan fingerprint density at radius 1 is 1.50 bits per heavy atom. The van der Waals surface area contributed by atoms with Crippen molar-refractivity contribution in [1.29, 1.82) is 0 Å². The Bertz CT molecular complexity index is 412. The van der Waals surface area contributed by atoms with E-state index in [0.717, 1.165) is 19.4 Å². The van der Waals surface area contributed by atoms with E-state index >= 15 is 0 Å². The molecule has 0 spiro atoms. The van der Waals surface area contributed by atoms with E-state index in [1.54, 1.807) is 12.1 Å². The van der Waals surface area contributed by atoms with Crippen LogP contribution in [0.4, 0.5) is 4.39 Å². The lowest BCUT2D eigenvalue weighted by Crippen LogP contribution is -2.34. The summed E-state index contributed by atoms with van der Waals surface area (Å²) in [5.41, 5.74) is 0.619. The van der Waals surface area contributed by atoms with E-state index in [9.17, 15) is 4.39 Å². The van der Waals surface area contributed by atoms with Crippen molar-refractivity contribution in [1.82, 2.24) is 5.32 Å². The van der Waals surface area contributed by atoms with E-state index in [0.29, 0.717) is 22.5 Å². The van der Waals surface area contributed by atoms with Crippen LogP contribution in [0.2, 0.25) is 5.02 Å². The summed E-state index contributed by atoms with van der Waals surface area (Å²) < 4.78 is 14.1. The van der Waals surface area contributed by atoms with Gasteiger partial charge in [-0.25, -0.2) is 4.39 Å². The summed E-state index contributed by atoms with van der Waals surface area (Å²) in [6.07, 6.45) is 2.11. The Labute approximate surface area is 114 Å². The second kappa shape index (κ2) is 5.18. The first kappa shape index (κ1) is 13.8. The molecule has 1 aliphatic rings. The van der Waals surface area contributed by atoms with Crippen LogP contribution in [-0.4, -0.2) is 12.6 Å². The molecule has 1 aromatic carbocycles. The van der Waals surface area contributed by atoms with Gasteiger partial charge in [0.1, 0.15) is 5.82 Å². The highest BCUT2D eigenvalue weighted by atomic mass is 35.5. The molecule has 0 bridgehead atoms. The molecular formula is C15H21ClFN. The average molecular weight is 270 g/mol. The van der Waals surface area contributed by atoms with Gasteiger partial charge in [0.15, 0.2) is 0 Å². The van der Waals surface area contributed by atoms with E-state index in [2.05, 4.69) is 26.1 Å². The van der Waals surface area contributed by atoms with Crippen LogP contribution < -0.4 is 5.32 Å². The lowest BCUT2D eigenvalue weighted by atomic mass is 9.91. The fourth-order valence-corrected chi connectivity index (χ4v) is 3.24. The van der Waals surface area contributed by atoms with E-state index in [1.807, 2.05) is 0 Å². The summed E-state index contributed by atoms with van der Waals surface area (Å²) in [5.74, 6) is 0.377. The fourth-order valence-electron chi connectivity index (χ4n) is 2.89. The molecule has 1 N–H and O–H groups in total. The van der Waals surface area contributed by atoms with Gasteiger partial charge in [-0.3, -0.25) is 0 Å². The minimum Gasteiger partial charge on any atom is -0.314 e. The van der Waals surface area contributed by atoms with Crippen LogP contribution in [0, 0.1) is 11.7 Å². The van der Waals surface area contributed by atoms with E-state index in [4.69, 9.17) is 11.6 Å². The van der Waals surface area contributed by atoms with E-state index in [-0.39, 0.29) is 11.2 Å². The third-order valence-corrected chi connectivity index (χ3v) is 4.33. The highest BCUT2D eigenvalue weighted by molar-refractivity contribution is 6.31. The molecule has 18 heavy (non-hydrogen) atoms. The van der Waals surface area contributed by atoms with Gasteiger partial charge in [0.05, 0.1) is 0 Å². The first-order chi connectivity index (χ1) is 8.51. The first-order valence-electron chi connectivity index (χ1n) is 6.69. The monoisotopic (exact) mass is 269 g/mol. The lowest BCUT2D eigenvalue weighted by Gasteiger charge is -2.22. The van der Waals surface area contributed by atoms with Crippen molar-refractivity contribution in [2.24, 2.45) is 5.92 Å². The number of benzene rings is 1. The third-order valence-electron chi connectivity index (χ3n) is 4.01. The quantitative estimate of drug-likeness (QED) is 0.847. The van der Waals surface area contributed by atoms with Crippen molar-refractivity contribution in [3.8, 4) is 0 Å². The molecule has 0 aromatic heterocycles. The van der Waals surface area contributed by atoms with Crippen molar-refractivity contribution < 1.29 is 4.39 Å². The van der Waals surface area contributed by atoms with Gasteiger partial charge in [-0.2, -0.15) is 0 Å². The minimum atomic E-state index is -0.163. The Morgan fingerprint density at radius 3 is 2.72 bits per heavy atom. The average Bonchev–Trinajstić information content (AvgIpc) is 3.01. The smallest absolute Gasteiger partial charge is 0.128 e. The fraction of sp³-hybridized carbons (Fsp3) is 0.600. The zero-order chi connectivity index (χ0) is 13.3. The second-order valence-electron chi connectivity index (χ2n) is 5.60. The highest BCUT2D eigenvalue weighted by Crippen LogP contribution is 2.57. The van der Waals surface area contributed by atoms with Crippen molar-refractivity contribution in [3.63, 3.8) is 0 Å². The van der Waals surface area contributed by atoms with Crippen molar-refractivity contribution in [3.05, 3.63) is 34.6 Å². The molecule has 0 heterocycles. The Balaban J connectivity index is 2.31. The molecule has 0 radical (unpaired) electrons. The highest BCUT2D eigenvalue weighted by Gasteiger charge is 2.55. The Hall–Kier alpha value is -0.600. The lowest BCUT2D eigenvalue weighted by molar-refractivity contribution is 0.468. The van der Waals surface area contributed by atoms with E-state index in [1.165, 1.54) is 6.07 Å². The van der Waals surface area contributed by atoms with Gasteiger partial charge in [0.25, 0.3) is 0 Å². The van der Waals surface area contributed by atoms with Gasteiger partial charge in [-0.05, 0) is 24.5 Å². The van der Waals surface area contributed by atoms with Gasteiger partial charge in [0, 0.05) is 28.6 Å². The number of rotatable bonds is 5. The SMILES string of the molecule is CCC1CC1(CNC(C)C)c1c(F)cccc1Cl. The molecule has 2 rings (SSSR count). The van der Waals surface area contributed by atoms with E-state index < -0.39 is 0 Å². The standard InChI is InChI=1S/C15H21ClFN/c1-4-11-8-15(11,9-18-10(2)3)14-12(16)6-5-7-13(14)17/h5-7,10-11,18H,4,8-9H2,1-3H3. The van der Waals surface area contributed by atoms with Crippen LogP contribution in [0.5, 0.6) is 0 Å². The Morgan fingerprint density at radius 2 is 2.22 bits per heavy atom. The summed E-state index contributed by atoms with van der Waals surface area (Å²) >= 11 is 6.22. The van der Waals surface area contributed by atoms with Crippen LogP contribution in [0.15, 0.2) is 18.2 Å². The summed E-state index contributed by atoms with van der Waals surface area (Å²) in [7, 11) is 0. The molecule has 100 valence electrons. The predicted octanol–water partition coefficient (Wildman–Crippen LogP) is 4.14. The maximum absolute atomic E-state index is 14.1. The number of halogens is 2. The molecule has 1 saturated carbocycles. The van der Waals surface area contributed by atoms with Crippen LogP contribution >= 0.6 is 11.6 Å². The van der Waals surface area contributed by atoms with Crippen LogP contribution in [0.1, 0.15) is 39.2 Å². The maximum Gasteiger partial charge on any atom is 0.128 e. The van der Waals surface area contributed by atoms with Gasteiger partial charge in [0.2, 0.25) is 0 Å². The summed E-state index contributed by atoms with van der Waals surface area (Å²) in [6, 6.07) is 5.39. The maximum atomic E-state index is 14.1. The third kappa shape index (κ3) is 2.41. The molecular weight excluding hydrogens is 249 g/mol. The van der Waals surface area contributed by atoms with Crippen LogP contribution in [0.25, 0.3) is 0 Å². The van der Waals surface area contributed by atoms with Gasteiger partial charge < -0.3 is 5.32 Å². The largest absolute Gasteiger partial charge is 0.314 e. The summed E-state index contributed by atoms with van der Waals surface area (Å²) in [5, 5.41) is 4.01. The molecule has 1 aromatic rings. The molecule has 3 heteroatoms. The van der Waals surface area contributed by atoms with Gasteiger partial charge in [-0.1, -0.05) is 44.9 Å². The number of nitrogens with one attached hydrogen (secondary N) is 1. The second-order valence-corrected chi connectivity index (χ2v) is 6.00. The zero-order valence-electron chi connectivity index (χ0n) is 11.3. The topological polar surface area (TPSA) is 12.0 Å². The molecule has 0 saturated heterocycles. The van der Waals surface area contributed by atoms with Crippen molar-refractivity contribution in [2.75, 3.05) is 6.54 Å². The molecule has 0 amide bonds. The number of hydrogen-bond donors (Lipinski definition) is 1. The molecule has 1 aliphatic carbocycles. The minimum absolute atomic E-state index is 0.0958. The number of hydrogen-bond acceptors (Lipinski definition) is 1. The summed E-state index contributed by atoms with van der Waals surface area (Å²) in [4.78, 5) is 0. The predicted molar refractivity (Wildman–Crippen MR) is 74.6 cm³/mol. The van der Waals surface area contributed by atoms with Crippen LogP contribution in [0.3, 0.4) is 0 Å². The molecule has 2 atom stereocenters. The molecule has 1 fully saturated rings. The Kier molecular flexibility index (Phi) is 3.98. The van der Waals surface area contributed by atoms with Crippen molar-refractivity contribution in [2.45, 2.75) is 45.1 Å². The normalized spacial score (nSPS) is 26.7. The van der Waals surface area contributed by atoms with Gasteiger partial charge >= 0.3 is 0 Å². The van der Waals surface area contributed by atoms with Crippen LogP contribution in [-0.2, 0) is 5.41 Å². The van der Waals surface area contributed by atoms with Gasteiger partial charge in [-0.15, -0.1) is 0 Å². The van der Waals surface area contributed by atoms with Crippen molar-refractivity contribution >= 4 is 11.6 Å². The molecule has 1 nitrogen and oxygen atoms in total. The molecule has 0 aliphatic heterocycles. The molecule has 2 unspecified atom stereocenters. The first-order valence-corrected chi connectivity index (χ1v) is 7.07. The zero-order valence-corrected chi connectivity index (χ0v) is 12.0.